The van der Waals surface area contributed by atoms with Gasteiger partial charge >= 0.3 is 5.97 Å². The second-order valence-electron chi connectivity index (χ2n) is 7.52. The number of ether oxygens (including phenoxy) is 1. The van der Waals surface area contributed by atoms with Crippen LogP contribution >= 0.6 is 15.9 Å². The van der Waals surface area contributed by atoms with Gasteiger partial charge in [0.25, 0.3) is 0 Å². The summed E-state index contributed by atoms with van der Waals surface area (Å²) in [7, 11) is 1.41. The fourth-order valence-corrected chi connectivity index (χ4v) is 4.08. The number of pyridine rings is 1. The van der Waals surface area contributed by atoms with Crippen molar-refractivity contribution in [3.8, 4) is 5.69 Å². The van der Waals surface area contributed by atoms with Crippen molar-refractivity contribution in [2.75, 3.05) is 7.11 Å². The zero-order chi connectivity index (χ0) is 21.3. The lowest BCUT2D eigenvalue weighted by Gasteiger charge is -2.17. The first-order chi connectivity index (χ1) is 14.5. The number of fused-ring (bicyclic) bond motifs is 3. The molecule has 30 heavy (non-hydrogen) atoms. The molecule has 0 spiro atoms. The highest BCUT2D eigenvalue weighted by Gasteiger charge is 2.29. The molecule has 7 heteroatoms. The average molecular weight is 467 g/mol. The van der Waals surface area contributed by atoms with E-state index in [0.29, 0.717) is 6.42 Å². The number of halogens is 1. The van der Waals surface area contributed by atoms with Crippen molar-refractivity contribution >= 4 is 27.6 Å². The molecule has 1 aliphatic heterocycles. The summed E-state index contributed by atoms with van der Waals surface area (Å²) in [5.74, 6) is 0.855. The number of methoxy groups -OCH3 is 1. The quantitative estimate of drug-likeness (QED) is 0.496. The second kappa shape index (κ2) is 8.52. The number of carbonyl (C=O) groups excluding carboxylic acids is 1. The van der Waals surface area contributed by atoms with Gasteiger partial charge in [0.1, 0.15) is 11.9 Å². The number of aliphatic imine (C=N–C) groups is 1. The molecular formula is C23H23BrN4O2. The molecule has 6 nitrogen and oxygen atoms in total. The van der Waals surface area contributed by atoms with Gasteiger partial charge in [-0.3, -0.25) is 19.3 Å². The van der Waals surface area contributed by atoms with Crippen LogP contribution in [-0.4, -0.2) is 33.3 Å². The van der Waals surface area contributed by atoms with Gasteiger partial charge in [-0.2, -0.15) is 0 Å². The van der Waals surface area contributed by atoms with Crippen LogP contribution < -0.4 is 0 Å². The number of hydrogen-bond acceptors (Lipinski definition) is 5. The van der Waals surface area contributed by atoms with Gasteiger partial charge in [-0.1, -0.05) is 35.8 Å². The number of esters is 1. The van der Waals surface area contributed by atoms with Gasteiger partial charge < -0.3 is 4.74 Å². The Morgan fingerprint density at radius 2 is 2.07 bits per heavy atom. The van der Waals surface area contributed by atoms with E-state index < -0.39 is 0 Å². The third-order valence-electron chi connectivity index (χ3n) is 5.20. The zero-order valence-electron chi connectivity index (χ0n) is 17.2. The fourth-order valence-electron chi connectivity index (χ4n) is 3.72. The molecule has 4 rings (SSSR count). The van der Waals surface area contributed by atoms with Crippen molar-refractivity contribution in [2.45, 2.75) is 38.6 Å². The minimum Gasteiger partial charge on any atom is -0.469 e. The topological polar surface area (TPSA) is 69.4 Å². The Labute approximate surface area is 184 Å². The van der Waals surface area contributed by atoms with E-state index in [9.17, 15) is 4.79 Å². The molecule has 1 aromatic carbocycles. The lowest BCUT2D eigenvalue weighted by Crippen LogP contribution is -2.11. The minimum absolute atomic E-state index is 0.253. The van der Waals surface area contributed by atoms with Crippen molar-refractivity contribution in [1.82, 2.24) is 14.5 Å². The minimum atomic E-state index is -0.292. The predicted octanol–water partition coefficient (Wildman–Crippen LogP) is 5.00. The van der Waals surface area contributed by atoms with Crippen molar-refractivity contribution in [3.63, 3.8) is 0 Å². The number of hydrogen-bond donors (Lipinski definition) is 0. The first-order valence-corrected chi connectivity index (χ1v) is 10.7. The SMILES string of the molecule is COC(=O)CC[C@@H]1N=C(c2ccccn2)c2cc(Br)ccc2-n2c(C(C)C)cnc21. The smallest absolute Gasteiger partial charge is 0.305 e. The molecule has 0 saturated heterocycles. The summed E-state index contributed by atoms with van der Waals surface area (Å²) in [5, 5.41) is 0. The van der Waals surface area contributed by atoms with Crippen LogP contribution in [-0.2, 0) is 9.53 Å². The molecule has 0 amide bonds. The molecule has 1 atom stereocenters. The van der Waals surface area contributed by atoms with Gasteiger partial charge in [-0.15, -0.1) is 0 Å². The highest BCUT2D eigenvalue weighted by Crippen LogP contribution is 2.36. The molecule has 0 saturated carbocycles. The van der Waals surface area contributed by atoms with Crippen molar-refractivity contribution in [2.24, 2.45) is 4.99 Å². The summed E-state index contributed by atoms with van der Waals surface area (Å²) in [6.45, 7) is 4.30. The molecule has 0 radical (unpaired) electrons. The predicted molar refractivity (Wildman–Crippen MR) is 119 cm³/mol. The maximum atomic E-state index is 11.9. The first kappa shape index (κ1) is 20.5. The summed E-state index contributed by atoms with van der Waals surface area (Å²) in [6.07, 6.45) is 4.46. The molecule has 1 aliphatic rings. The third kappa shape index (κ3) is 3.81. The third-order valence-corrected chi connectivity index (χ3v) is 5.70. The number of aromatic nitrogens is 3. The lowest BCUT2D eigenvalue weighted by molar-refractivity contribution is -0.140. The molecule has 0 N–H and O–H groups in total. The maximum absolute atomic E-state index is 11.9. The Morgan fingerprint density at radius 3 is 2.77 bits per heavy atom. The average Bonchev–Trinajstić information content (AvgIpc) is 3.14. The summed E-state index contributed by atoms with van der Waals surface area (Å²) in [5.41, 5.74) is 4.68. The molecule has 3 heterocycles. The Kier molecular flexibility index (Phi) is 5.81. The monoisotopic (exact) mass is 466 g/mol. The Bertz CT molecular complexity index is 1110. The van der Waals surface area contributed by atoms with Crippen LogP contribution in [0.15, 0.2) is 58.3 Å². The van der Waals surface area contributed by atoms with Crippen LogP contribution in [0.25, 0.3) is 5.69 Å². The molecule has 0 bridgehead atoms. The Hall–Kier alpha value is -2.80. The van der Waals surface area contributed by atoms with Crippen molar-refractivity contribution in [1.29, 1.82) is 0 Å². The van der Waals surface area contributed by atoms with Gasteiger partial charge in [-0.05, 0) is 42.7 Å². The highest BCUT2D eigenvalue weighted by molar-refractivity contribution is 9.10. The Morgan fingerprint density at radius 1 is 1.23 bits per heavy atom. The Balaban J connectivity index is 1.96. The van der Waals surface area contributed by atoms with Crippen molar-refractivity contribution < 1.29 is 9.53 Å². The highest BCUT2D eigenvalue weighted by atomic mass is 79.9. The fraction of sp³-hybridized carbons (Fsp3) is 0.304. The van der Waals surface area contributed by atoms with Gasteiger partial charge in [0.15, 0.2) is 0 Å². The van der Waals surface area contributed by atoms with E-state index in [1.54, 1.807) is 6.20 Å². The molecule has 0 unspecified atom stereocenters. The van der Waals surface area contributed by atoms with Gasteiger partial charge in [0, 0.05) is 34.5 Å². The van der Waals surface area contributed by atoms with E-state index in [4.69, 9.17) is 14.7 Å². The maximum Gasteiger partial charge on any atom is 0.305 e. The standard InChI is InChI=1S/C23H23BrN4O2/c1-14(2)20-13-26-23-18(8-10-21(29)30-3)27-22(17-6-4-5-11-25-17)16-12-15(24)7-9-19(16)28(20)23/h4-7,9,11-14,18H,8,10H2,1-3H3/t18-/m0/s1. The van der Waals surface area contributed by atoms with Crippen LogP contribution in [0.3, 0.4) is 0 Å². The van der Waals surface area contributed by atoms with Crippen molar-refractivity contribution in [3.05, 3.63) is 76.0 Å². The van der Waals surface area contributed by atoms with Gasteiger partial charge in [0.05, 0.1) is 24.2 Å². The zero-order valence-corrected chi connectivity index (χ0v) is 18.8. The van der Waals surface area contributed by atoms with E-state index >= 15 is 0 Å². The van der Waals surface area contributed by atoms with E-state index in [0.717, 1.165) is 38.6 Å². The summed E-state index contributed by atoms with van der Waals surface area (Å²) in [6, 6.07) is 11.7. The van der Waals surface area contributed by atoms with Crippen LogP contribution in [0.2, 0.25) is 0 Å². The number of carbonyl (C=O) groups is 1. The summed E-state index contributed by atoms with van der Waals surface area (Å²) in [4.78, 5) is 26.3. The second-order valence-corrected chi connectivity index (χ2v) is 8.43. The largest absolute Gasteiger partial charge is 0.469 e. The number of rotatable bonds is 5. The molecular weight excluding hydrogens is 444 g/mol. The number of imidazole rings is 1. The molecule has 0 fully saturated rings. The van der Waals surface area contributed by atoms with Crippen LogP contribution in [0.4, 0.5) is 0 Å². The number of benzene rings is 1. The van der Waals surface area contributed by atoms with E-state index in [-0.39, 0.29) is 24.3 Å². The van der Waals surface area contributed by atoms with Crippen LogP contribution in [0.1, 0.15) is 61.4 Å². The summed E-state index contributed by atoms with van der Waals surface area (Å²) < 4.78 is 8.01. The molecule has 3 aromatic rings. The van der Waals surface area contributed by atoms with E-state index in [2.05, 4.69) is 51.5 Å². The molecule has 154 valence electrons. The molecule has 0 aliphatic carbocycles. The summed E-state index contributed by atoms with van der Waals surface area (Å²) >= 11 is 3.61. The lowest BCUT2D eigenvalue weighted by atomic mass is 10.0. The van der Waals surface area contributed by atoms with Gasteiger partial charge in [-0.25, -0.2) is 4.98 Å². The van der Waals surface area contributed by atoms with Crippen LogP contribution in [0, 0.1) is 0 Å². The van der Waals surface area contributed by atoms with E-state index in [1.165, 1.54) is 7.11 Å². The van der Waals surface area contributed by atoms with Crippen LogP contribution in [0.5, 0.6) is 0 Å². The molecule has 2 aromatic heterocycles. The van der Waals surface area contributed by atoms with Gasteiger partial charge in [0.2, 0.25) is 0 Å². The number of nitrogens with zero attached hydrogens (tertiary/aromatic N) is 4. The first-order valence-electron chi connectivity index (χ1n) is 9.93. The van der Waals surface area contributed by atoms with E-state index in [1.807, 2.05) is 30.5 Å². The normalized spacial score (nSPS) is 15.2.